The van der Waals surface area contributed by atoms with Crippen molar-refractivity contribution in [1.29, 1.82) is 0 Å². The molecule has 1 unspecified atom stereocenters. The van der Waals surface area contributed by atoms with E-state index in [1.807, 2.05) is 6.07 Å². The molecular weight excluding hydrogens is 412 g/mol. The lowest BCUT2D eigenvalue weighted by Crippen LogP contribution is -2.55. The molecule has 2 aromatic heterocycles. The van der Waals surface area contributed by atoms with Gasteiger partial charge < -0.3 is 14.3 Å². The second kappa shape index (κ2) is 10.1. The zero-order valence-electron chi connectivity index (χ0n) is 20.7. The van der Waals surface area contributed by atoms with Crippen LogP contribution < -0.4 is 4.90 Å². The number of carbonyl (C=O) groups excluding carboxylic acids is 1. The molecule has 4 rings (SSSR count). The van der Waals surface area contributed by atoms with Gasteiger partial charge >= 0.3 is 0 Å². The van der Waals surface area contributed by atoms with Crippen LogP contribution in [0.1, 0.15) is 63.1 Å². The molecule has 0 bridgehead atoms. The molecule has 0 spiro atoms. The van der Waals surface area contributed by atoms with Gasteiger partial charge in [0.2, 0.25) is 0 Å². The summed E-state index contributed by atoms with van der Waals surface area (Å²) in [5.41, 5.74) is 2.43. The van der Waals surface area contributed by atoms with Gasteiger partial charge in [0.25, 0.3) is 6.01 Å². The van der Waals surface area contributed by atoms with Gasteiger partial charge in [-0.05, 0) is 57.2 Å². The molecular formula is C27H38N4O2. The van der Waals surface area contributed by atoms with Crippen LogP contribution in [0.15, 0.2) is 41.1 Å². The monoisotopic (exact) mass is 450 g/mol. The van der Waals surface area contributed by atoms with Gasteiger partial charge in [-0.1, -0.05) is 38.5 Å². The van der Waals surface area contributed by atoms with Gasteiger partial charge in [-0.3, -0.25) is 9.69 Å². The summed E-state index contributed by atoms with van der Waals surface area (Å²) in [6.45, 7) is 10.6. The number of Topliss-reactive ketones (excluding diaryl/α,β-unsaturated/α-hetero) is 1. The van der Waals surface area contributed by atoms with Gasteiger partial charge in [0.15, 0.2) is 11.5 Å². The number of piperazine rings is 1. The molecule has 3 heterocycles. The van der Waals surface area contributed by atoms with Gasteiger partial charge in [-0.2, -0.15) is 0 Å². The van der Waals surface area contributed by atoms with Gasteiger partial charge in [0.1, 0.15) is 0 Å². The number of aromatic amines is 1. The summed E-state index contributed by atoms with van der Waals surface area (Å²) >= 11 is 0. The summed E-state index contributed by atoms with van der Waals surface area (Å²) in [4.78, 5) is 25.6. The van der Waals surface area contributed by atoms with Crippen LogP contribution >= 0.6 is 0 Å². The lowest BCUT2D eigenvalue weighted by Gasteiger charge is -2.41. The van der Waals surface area contributed by atoms with Crippen molar-refractivity contribution < 1.29 is 9.21 Å². The number of nitrogens with one attached hydrogen (secondary N) is 1. The highest BCUT2D eigenvalue weighted by Crippen LogP contribution is 2.28. The van der Waals surface area contributed by atoms with E-state index in [0.717, 1.165) is 37.9 Å². The molecule has 178 valence electrons. The molecule has 1 saturated heterocycles. The summed E-state index contributed by atoms with van der Waals surface area (Å²) in [6.07, 6.45) is 7.22. The number of H-pyrrole nitrogens is 1. The first-order valence-electron chi connectivity index (χ1n) is 12.3. The number of ketones is 1. The Kier molecular flexibility index (Phi) is 7.23. The Bertz CT molecular complexity index is 1060. The van der Waals surface area contributed by atoms with E-state index in [1.54, 1.807) is 6.20 Å². The quantitative estimate of drug-likeness (QED) is 0.433. The molecule has 1 fully saturated rings. The number of hydrogen-bond acceptors (Lipinski definition) is 5. The molecule has 33 heavy (non-hydrogen) atoms. The summed E-state index contributed by atoms with van der Waals surface area (Å²) in [7, 11) is 2.15. The Morgan fingerprint density at radius 3 is 2.64 bits per heavy atom. The maximum atomic E-state index is 13.2. The van der Waals surface area contributed by atoms with Crippen LogP contribution in [-0.2, 0) is 6.42 Å². The highest BCUT2D eigenvalue weighted by molar-refractivity contribution is 5.93. The fraction of sp³-hybridized carbons (Fsp3) is 0.556. The minimum atomic E-state index is 0.0533. The predicted octanol–water partition coefficient (Wildman–Crippen LogP) is 5.55. The van der Waals surface area contributed by atoms with Crippen LogP contribution in [-0.4, -0.2) is 52.9 Å². The maximum absolute atomic E-state index is 13.2. The van der Waals surface area contributed by atoms with Gasteiger partial charge in [0, 0.05) is 48.7 Å². The third-order valence-corrected chi connectivity index (χ3v) is 7.21. The SMILES string of the molecule is CC(C)CCC(CC(=O)c1cnc(N2C[C@@H](C)N(C)[C@H](C)C2)o1)Cc1c[nH]c2ccccc12. The first kappa shape index (κ1) is 23.6. The van der Waals surface area contributed by atoms with E-state index in [2.05, 4.69) is 78.9 Å². The zero-order valence-corrected chi connectivity index (χ0v) is 20.7. The normalized spacial score (nSPS) is 20.6. The van der Waals surface area contributed by atoms with Crippen molar-refractivity contribution in [2.45, 2.75) is 65.5 Å². The van der Waals surface area contributed by atoms with Crippen LogP contribution in [0.2, 0.25) is 0 Å². The van der Waals surface area contributed by atoms with Crippen molar-refractivity contribution in [1.82, 2.24) is 14.9 Å². The molecule has 1 aromatic carbocycles. The van der Waals surface area contributed by atoms with Crippen molar-refractivity contribution >= 4 is 22.7 Å². The van der Waals surface area contributed by atoms with Crippen molar-refractivity contribution in [2.75, 3.05) is 25.0 Å². The summed E-state index contributed by atoms with van der Waals surface area (Å²) in [5.74, 6) is 1.33. The minimum absolute atomic E-state index is 0.0533. The molecule has 0 saturated carbocycles. The molecule has 0 radical (unpaired) electrons. The van der Waals surface area contributed by atoms with Crippen molar-refractivity contribution in [3.63, 3.8) is 0 Å². The molecule has 3 atom stereocenters. The fourth-order valence-electron chi connectivity index (χ4n) is 4.92. The average molecular weight is 451 g/mol. The highest BCUT2D eigenvalue weighted by Gasteiger charge is 2.29. The van der Waals surface area contributed by atoms with E-state index >= 15 is 0 Å². The minimum Gasteiger partial charge on any atom is -0.420 e. The van der Waals surface area contributed by atoms with Crippen molar-refractivity contribution in [3.05, 3.63) is 48.0 Å². The van der Waals surface area contributed by atoms with E-state index < -0.39 is 0 Å². The van der Waals surface area contributed by atoms with Crippen LogP contribution in [0.3, 0.4) is 0 Å². The number of likely N-dealkylation sites (N-methyl/N-ethyl adjacent to an activating group) is 1. The summed E-state index contributed by atoms with van der Waals surface area (Å²) < 4.78 is 5.99. The number of para-hydroxylation sites is 1. The number of fused-ring (bicyclic) bond motifs is 1. The van der Waals surface area contributed by atoms with E-state index in [9.17, 15) is 4.79 Å². The standard InChI is InChI=1S/C27H38N4O2/c1-18(2)10-11-21(12-22-14-28-24-9-7-6-8-23(22)24)13-25(32)26-15-29-27(33-26)31-16-19(3)30(5)20(4)17-31/h6-9,14-15,18-21,28H,10-13,16-17H2,1-5H3/t19-,20-,21?/m1/s1. The Hall–Kier alpha value is -2.60. The fourth-order valence-corrected chi connectivity index (χ4v) is 4.92. The molecule has 6 nitrogen and oxygen atoms in total. The molecule has 1 N–H and O–H groups in total. The van der Waals surface area contributed by atoms with Gasteiger partial charge in [0.05, 0.1) is 6.20 Å². The average Bonchev–Trinajstić information content (AvgIpc) is 3.43. The van der Waals surface area contributed by atoms with Crippen LogP contribution in [0.25, 0.3) is 10.9 Å². The third kappa shape index (κ3) is 5.49. The Morgan fingerprint density at radius 2 is 1.91 bits per heavy atom. The largest absolute Gasteiger partial charge is 0.420 e. The van der Waals surface area contributed by atoms with E-state index in [-0.39, 0.29) is 11.7 Å². The maximum Gasteiger partial charge on any atom is 0.297 e. The number of oxazole rings is 1. The van der Waals surface area contributed by atoms with Gasteiger partial charge in [-0.25, -0.2) is 4.98 Å². The number of anilines is 1. The molecule has 6 heteroatoms. The number of benzene rings is 1. The molecule has 0 amide bonds. The zero-order chi connectivity index (χ0) is 23.5. The van der Waals surface area contributed by atoms with Crippen molar-refractivity contribution in [2.24, 2.45) is 11.8 Å². The second-order valence-corrected chi connectivity index (χ2v) is 10.3. The predicted molar refractivity (Wildman–Crippen MR) is 134 cm³/mol. The number of carbonyl (C=O) groups is 1. The first-order valence-corrected chi connectivity index (χ1v) is 12.3. The Labute approximate surface area is 197 Å². The Morgan fingerprint density at radius 1 is 1.18 bits per heavy atom. The van der Waals surface area contributed by atoms with Crippen LogP contribution in [0, 0.1) is 11.8 Å². The molecule has 3 aromatic rings. The summed E-state index contributed by atoms with van der Waals surface area (Å²) in [5, 5.41) is 1.25. The van der Waals surface area contributed by atoms with Gasteiger partial charge in [-0.15, -0.1) is 0 Å². The number of rotatable bonds is 9. The number of nitrogens with zero attached hydrogens (tertiary/aromatic N) is 3. The Balaban J connectivity index is 1.45. The van der Waals surface area contributed by atoms with Crippen LogP contribution in [0.4, 0.5) is 6.01 Å². The van der Waals surface area contributed by atoms with E-state index in [4.69, 9.17) is 4.42 Å². The number of hydrogen-bond donors (Lipinski definition) is 1. The first-order chi connectivity index (χ1) is 15.8. The van der Waals surface area contributed by atoms with E-state index in [1.165, 1.54) is 10.9 Å². The third-order valence-electron chi connectivity index (χ3n) is 7.21. The number of aromatic nitrogens is 2. The lowest BCUT2D eigenvalue weighted by atomic mass is 9.87. The smallest absolute Gasteiger partial charge is 0.297 e. The highest BCUT2D eigenvalue weighted by atomic mass is 16.4. The summed E-state index contributed by atoms with van der Waals surface area (Å²) in [6, 6.07) is 9.77. The lowest BCUT2D eigenvalue weighted by molar-refractivity contribution is 0.0929. The second-order valence-electron chi connectivity index (χ2n) is 10.3. The van der Waals surface area contributed by atoms with Crippen molar-refractivity contribution in [3.8, 4) is 0 Å². The van der Waals surface area contributed by atoms with E-state index in [0.29, 0.717) is 36.2 Å². The molecule has 0 aliphatic carbocycles. The topological polar surface area (TPSA) is 65.4 Å². The van der Waals surface area contributed by atoms with Crippen LogP contribution in [0.5, 0.6) is 0 Å². The molecule has 1 aliphatic rings. The molecule has 1 aliphatic heterocycles.